The summed E-state index contributed by atoms with van der Waals surface area (Å²) in [7, 11) is 0. The van der Waals surface area contributed by atoms with Crippen LogP contribution < -0.4 is 5.32 Å². The van der Waals surface area contributed by atoms with Crippen molar-refractivity contribution in [1.29, 1.82) is 10.7 Å². The molecule has 188 valence electrons. The third-order valence-corrected chi connectivity index (χ3v) is 8.37. The average Bonchev–Trinajstić information content (AvgIpc) is 3.43. The zero-order valence-electron chi connectivity index (χ0n) is 20.3. The van der Waals surface area contributed by atoms with E-state index in [1.54, 1.807) is 17.0 Å². The molecule has 2 unspecified atom stereocenters. The standard InChI is InChI=1S/C28H32ClN5O2/c29-23-15-19(6-5-18(23)16-30)32-27(17-3-1-2-4-17)22-8-9-24-21(26(22)31)7-10-25(33-24)28(36)34-13-11-20(35)12-14-34/h5-7,10,15,17,20,22,27,31-32,35H,1-4,8-9,11-14H2. The molecule has 2 atom stereocenters. The van der Waals surface area contributed by atoms with Crippen LogP contribution in [0.4, 0.5) is 5.69 Å². The molecule has 1 aliphatic heterocycles. The van der Waals surface area contributed by atoms with Gasteiger partial charge in [-0.05, 0) is 74.8 Å². The number of rotatable bonds is 5. The van der Waals surface area contributed by atoms with E-state index in [4.69, 9.17) is 22.0 Å². The average molecular weight is 506 g/mol. The number of aromatic nitrogens is 1. The van der Waals surface area contributed by atoms with Gasteiger partial charge in [0.2, 0.25) is 0 Å². The van der Waals surface area contributed by atoms with E-state index < -0.39 is 0 Å². The number of carbonyl (C=O) groups is 1. The summed E-state index contributed by atoms with van der Waals surface area (Å²) in [5, 5.41) is 32.2. The number of aliphatic hydroxyl groups is 1. The summed E-state index contributed by atoms with van der Waals surface area (Å²) in [6.45, 7) is 1.09. The van der Waals surface area contributed by atoms with Crippen LogP contribution in [-0.2, 0) is 6.42 Å². The molecule has 1 saturated heterocycles. The Labute approximate surface area is 217 Å². The van der Waals surface area contributed by atoms with Crippen molar-refractivity contribution in [2.24, 2.45) is 11.8 Å². The van der Waals surface area contributed by atoms with Crippen molar-refractivity contribution in [3.05, 3.63) is 57.9 Å². The summed E-state index contributed by atoms with van der Waals surface area (Å²) < 4.78 is 0. The van der Waals surface area contributed by atoms with Crippen LogP contribution in [0, 0.1) is 28.6 Å². The molecule has 2 heterocycles. The normalized spacial score (nSPS) is 21.6. The Balaban J connectivity index is 1.36. The first-order valence-electron chi connectivity index (χ1n) is 13.0. The van der Waals surface area contributed by atoms with E-state index in [9.17, 15) is 15.2 Å². The van der Waals surface area contributed by atoms with E-state index in [-0.39, 0.29) is 24.0 Å². The van der Waals surface area contributed by atoms with Crippen molar-refractivity contribution in [3.63, 3.8) is 0 Å². The molecule has 36 heavy (non-hydrogen) atoms. The van der Waals surface area contributed by atoms with Gasteiger partial charge in [0.15, 0.2) is 0 Å². The molecule has 5 rings (SSSR count). The first kappa shape index (κ1) is 24.7. The molecule has 1 saturated carbocycles. The third-order valence-electron chi connectivity index (χ3n) is 8.06. The molecule has 3 aliphatic rings. The molecule has 2 aliphatic carbocycles. The number of piperidine rings is 1. The fourth-order valence-corrected chi connectivity index (χ4v) is 6.26. The summed E-state index contributed by atoms with van der Waals surface area (Å²) in [5.41, 5.74) is 3.99. The molecule has 3 N–H and O–H groups in total. The maximum Gasteiger partial charge on any atom is 0.272 e. The Morgan fingerprint density at radius 2 is 1.92 bits per heavy atom. The number of hydrogen-bond acceptors (Lipinski definition) is 6. The number of nitriles is 1. The van der Waals surface area contributed by atoms with E-state index in [0.717, 1.165) is 42.6 Å². The minimum absolute atomic E-state index is 0.0296. The van der Waals surface area contributed by atoms with Gasteiger partial charge in [-0.25, -0.2) is 4.98 Å². The van der Waals surface area contributed by atoms with Crippen LogP contribution in [0.2, 0.25) is 5.02 Å². The highest BCUT2D eigenvalue weighted by Crippen LogP contribution is 2.38. The van der Waals surface area contributed by atoms with E-state index >= 15 is 0 Å². The predicted octanol–water partition coefficient (Wildman–Crippen LogP) is 4.80. The van der Waals surface area contributed by atoms with E-state index in [2.05, 4.69) is 11.4 Å². The van der Waals surface area contributed by atoms with Gasteiger partial charge < -0.3 is 20.7 Å². The van der Waals surface area contributed by atoms with Crippen molar-refractivity contribution >= 4 is 28.9 Å². The number of hydrogen-bond donors (Lipinski definition) is 3. The number of carbonyl (C=O) groups excluding carboxylic acids is 1. The minimum Gasteiger partial charge on any atom is -0.393 e. The van der Waals surface area contributed by atoms with Crippen molar-refractivity contribution < 1.29 is 9.90 Å². The lowest BCUT2D eigenvalue weighted by Crippen LogP contribution is -2.43. The van der Waals surface area contributed by atoms with Crippen molar-refractivity contribution in [2.75, 3.05) is 18.4 Å². The second-order valence-electron chi connectivity index (χ2n) is 10.3. The highest BCUT2D eigenvalue weighted by molar-refractivity contribution is 6.32. The number of nitrogens with zero attached hydrogens (tertiary/aromatic N) is 3. The highest BCUT2D eigenvalue weighted by Gasteiger charge is 2.37. The first-order valence-corrected chi connectivity index (χ1v) is 13.3. The van der Waals surface area contributed by atoms with E-state index in [1.165, 1.54) is 12.8 Å². The third kappa shape index (κ3) is 4.98. The summed E-state index contributed by atoms with van der Waals surface area (Å²) >= 11 is 6.30. The first-order chi connectivity index (χ1) is 17.4. The molecule has 7 nitrogen and oxygen atoms in total. The molecule has 0 spiro atoms. The van der Waals surface area contributed by atoms with Gasteiger partial charge in [0.1, 0.15) is 11.8 Å². The number of aliphatic hydroxyl groups excluding tert-OH is 1. The van der Waals surface area contributed by atoms with Crippen molar-refractivity contribution in [2.45, 2.75) is 63.5 Å². The van der Waals surface area contributed by atoms with Gasteiger partial charge in [-0.3, -0.25) is 4.79 Å². The van der Waals surface area contributed by atoms with Gasteiger partial charge in [-0.1, -0.05) is 24.4 Å². The van der Waals surface area contributed by atoms with Gasteiger partial charge in [0, 0.05) is 42.0 Å². The molecular weight excluding hydrogens is 474 g/mol. The highest BCUT2D eigenvalue weighted by atomic mass is 35.5. The Kier molecular flexibility index (Phi) is 7.27. The molecule has 2 aromatic rings. The van der Waals surface area contributed by atoms with Gasteiger partial charge in [-0.2, -0.15) is 5.26 Å². The fraction of sp³-hybridized carbons (Fsp3) is 0.500. The molecular formula is C28H32ClN5O2. The molecule has 8 heteroatoms. The molecule has 1 aromatic heterocycles. The zero-order chi connectivity index (χ0) is 25.2. The number of benzene rings is 1. The van der Waals surface area contributed by atoms with Gasteiger partial charge in [0.05, 0.1) is 22.4 Å². The van der Waals surface area contributed by atoms with Gasteiger partial charge in [-0.15, -0.1) is 0 Å². The number of fused-ring (bicyclic) bond motifs is 1. The number of nitrogens with one attached hydrogen (secondary N) is 2. The molecule has 1 aromatic carbocycles. The molecule has 1 amide bonds. The number of pyridine rings is 1. The van der Waals surface area contributed by atoms with Crippen LogP contribution >= 0.6 is 11.6 Å². The van der Waals surface area contributed by atoms with Crippen molar-refractivity contribution in [1.82, 2.24) is 9.88 Å². The van der Waals surface area contributed by atoms with Crippen LogP contribution in [-0.4, -0.2) is 51.8 Å². The minimum atomic E-state index is -0.329. The topological polar surface area (TPSA) is 113 Å². The summed E-state index contributed by atoms with van der Waals surface area (Å²) in [6.07, 6.45) is 7.06. The van der Waals surface area contributed by atoms with E-state index in [1.807, 2.05) is 18.2 Å². The lowest BCUT2D eigenvalue weighted by molar-refractivity contribution is 0.0541. The zero-order valence-corrected chi connectivity index (χ0v) is 21.1. The monoisotopic (exact) mass is 505 g/mol. The summed E-state index contributed by atoms with van der Waals surface area (Å²) in [4.78, 5) is 19.4. The quantitative estimate of drug-likeness (QED) is 0.540. The smallest absolute Gasteiger partial charge is 0.272 e. The van der Waals surface area contributed by atoms with Crippen LogP contribution in [0.5, 0.6) is 0 Å². The lowest BCUT2D eigenvalue weighted by atomic mass is 9.75. The van der Waals surface area contributed by atoms with E-state index in [0.29, 0.717) is 53.8 Å². The van der Waals surface area contributed by atoms with Crippen molar-refractivity contribution in [3.8, 4) is 6.07 Å². The maximum absolute atomic E-state index is 13.0. The number of aryl methyl sites for hydroxylation is 1. The van der Waals surface area contributed by atoms with Crippen LogP contribution in [0.25, 0.3) is 0 Å². The van der Waals surface area contributed by atoms with Crippen LogP contribution in [0.3, 0.4) is 0 Å². The summed E-state index contributed by atoms with van der Waals surface area (Å²) in [6, 6.07) is 11.3. The van der Waals surface area contributed by atoms with Crippen LogP contribution in [0.1, 0.15) is 72.3 Å². The predicted molar refractivity (Wildman–Crippen MR) is 140 cm³/mol. The van der Waals surface area contributed by atoms with Crippen LogP contribution in [0.15, 0.2) is 30.3 Å². The maximum atomic E-state index is 13.0. The van der Waals surface area contributed by atoms with Gasteiger partial charge in [0.25, 0.3) is 5.91 Å². The Bertz CT molecular complexity index is 1190. The fourth-order valence-electron chi connectivity index (χ4n) is 6.03. The lowest BCUT2D eigenvalue weighted by Gasteiger charge is -2.37. The SMILES string of the molecule is N#Cc1ccc(NC(C2CCCC2)C2CCc3nc(C(=O)N4CCC(O)CC4)ccc3C2=N)cc1Cl. The molecule has 2 fully saturated rings. The number of amides is 1. The number of halogens is 1. The largest absolute Gasteiger partial charge is 0.393 e. The molecule has 0 bridgehead atoms. The Hall–Kier alpha value is -2.95. The van der Waals surface area contributed by atoms with Gasteiger partial charge >= 0.3 is 0 Å². The number of likely N-dealkylation sites (tertiary alicyclic amines) is 1. The second-order valence-corrected chi connectivity index (χ2v) is 10.7. The second kappa shape index (κ2) is 10.6. The Morgan fingerprint density at radius 3 is 2.61 bits per heavy atom. The summed E-state index contributed by atoms with van der Waals surface area (Å²) in [5.74, 6) is 0.401. The number of anilines is 1. The molecule has 0 radical (unpaired) electrons. The Morgan fingerprint density at radius 1 is 1.17 bits per heavy atom.